The molecule has 2 radical (unpaired) electrons. The van der Waals surface area contributed by atoms with Crippen molar-refractivity contribution in [2.45, 2.75) is 47.0 Å². The van der Waals surface area contributed by atoms with Gasteiger partial charge < -0.3 is 9.80 Å². The second-order valence-electron chi connectivity index (χ2n) is 9.84. The summed E-state index contributed by atoms with van der Waals surface area (Å²) in [4.78, 5) is 10.2. The lowest BCUT2D eigenvalue weighted by Crippen LogP contribution is -2.42. The lowest BCUT2D eigenvalue weighted by atomic mass is 9.92. The van der Waals surface area contributed by atoms with E-state index in [-0.39, 0.29) is 0 Å². The molecule has 3 fully saturated rings. The maximum Gasteiger partial charge on any atom is 0.146 e. The summed E-state index contributed by atoms with van der Waals surface area (Å²) in [6, 6.07) is 0. The van der Waals surface area contributed by atoms with E-state index in [0.717, 1.165) is 36.8 Å². The van der Waals surface area contributed by atoms with E-state index < -0.39 is 0 Å². The van der Waals surface area contributed by atoms with Gasteiger partial charge in [0.05, 0.1) is 0 Å². The van der Waals surface area contributed by atoms with E-state index in [2.05, 4.69) is 54.0 Å². The molecule has 3 rings (SSSR count). The first-order valence-electron chi connectivity index (χ1n) is 11.2. The van der Waals surface area contributed by atoms with Gasteiger partial charge in [0, 0.05) is 58.9 Å². The standard InChI is InChI=1S/C22H42N4/c1-19-12-20(2)15-25(14-19)7-5-6-23-8-9-24(18-23)10-11-26-16-21(3)13-22(4)17-26/h19-22H,5-17H2,1-4H3. The van der Waals surface area contributed by atoms with E-state index in [0.29, 0.717) is 0 Å². The van der Waals surface area contributed by atoms with Gasteiger partial charge in [0.2, 0.25) is 0 Å². The molecule has 0 spiro atoms. The Bertz CT molecular complexity index is 395. The quantitative estimate of drug-likeness (QED) is 0.690. The summed E-state index contributed by atoms with van der Waals surface area (Å²) in [5.41, 5.74) is 0. The van der Waals surface area contributed by atoms with E-state index in [1.54, 1.807) is 0 Å². The maximum atomic E-state index is 3.63. The highest BCUT2D eigenvalue weighted by Crippen LogP contribution is 2.22. The summed E-state index contributed by atoms with van der Waals surface area (Å²) in [5.74, 6) is 3.47. The lowest BCUT2D eigenvalue weighted by molar-refractivity contribution is 0.128. The van der Waals surface area contributed by atoms with Crippen molar-refractivity contribution in [3.8, 4) is 0 Å². The zero-order valence-corrected chi connectivity index (χ0v) is 17.8. The van der Waals surface area contributed by atoms with Crippen LogP contribution in [0.4, 0.5) is 0 Å². The summed E-state index contributed by atoms with van der Waals surface area (Å²) in [6.45, 7) is 25.6. The Hall–Kier alpha value is -0.160. The monoisotopic (exact) mass is 362 g/mol. The third kappa shape index (κ3) is 6.47. The predicted octanol–water partition coefficient (Wildman–Crippen LogP) is 2.95. The zero-order valence-electron chi connectivity index (χ0n) is 17.8. The third-order valence-corrected chi connectivity index (χ3v) is 6.40. The molecule has 4 unspecified atom stereocenters. The number of hydrogen-bond acceptors (Lipinski definition) is 4. The molecular weight excluding hydrogens is 320 g/mol. The van der Waals surface area contributed by atoms with Crippen LogP contribution in [0, 0.1) is 30.3 Å². The van der Waals surface area contributed by atoms with Crippen LogP contribution < -0.4 is 0 Å². The third-order valence-electron chi connectivity index (χ3n) is 6.40. The molecule has 0 aliphatic carbocycles. The average molecular weight is 363 g/mol. The van der Waals surface area contributed by atoms with Crippen LogP contribution in [0.1, 0.15) is 47.0 Å². The fourth-order valence-electron chi connectivity index (χ4n) is 5.56. The Balaban J connectivity index is 1.28. The lowest BCUT2D eigenvalue weighted by Gasteiger charge is -2.35. The Kier molecular flexibility index (Phi) is 7.80. The van der Waals surface area contributed by atoms with E-state index >= 15 is 0 Å². The van der Waals surface area contributed by atoms with E-state index in [1.807, 2.05) is 0 Å². The predicted molar refractivity (Wildman–Crippen MR) is 110 cm³/mol. The second kappa shape index (κ2) is 9.86. The molecule has 150 valence electrons. The Morgan fingerprint density at radius 2 is 1.08 bits per heavy atom. The van der Waals surface area contributed by atoms with Crippen molar-refractivity contribution in [1.29, 1.82) is 0 Å². The molecule has 4 nitrogen and oxygen atoms in total. The first kappa shape index (κ1) is 20.6. The van der Waals surface area contributed by atoms with Crippen LogP contribution in [0.15, 0.2) is 0 Å². The Morgan fingerprint density at radius 1 is 0.615 bits per heavy atom. The van der Waals surface area contributed by atoms with Gasteiger partial charge in [-0.3, -0.25) is 9.80 Å². The van der Waals surface area contributed by atoms with Gasteiger partial charge in [-0.25, -0.2) is 0 Å². The largest absolute Gasteiger partial charge is 0.303 e. The second-order valence-corrected chi connectivity index (χ2v) is 9.84. The highest BCUT2D eigenvalue weighted by atomic mass is 15.4. The molecule has 0 amide bonds. The van der Waals surface area contributed by atoms with Gasteiger partial charge in [0.1, 0.15) is 6.67 Å². The van der Waals surface area contributed by atoms with Gasteiger partial charge in [-0.2, -0.15) is 0 Å². The van der Waals surface area contributed by atoms with Crippen LogP contribution >= 0.6 is 0 Å². The van der Waals surface area contributed by atoms with Gasteiger partial charge in [-0.05, 0) is 49.5 Å². The first-order chi connectivity index (χ1) is 12.5. The van der Waals surface area contributed by atoms with E-state index in [9.17, 15) is 0 Å². The molecule has 0 aromatic heterocycles. The van der Waals surface area contributed by atoms with Gasteiger partial charge >= 0.3 is 0 Å². The van der Waals surface area contributed by atoms with Crippen molar-refractivity contribution < 1.29 is 0 Å². The van der Waals surface area contributed by atoms with Crippen molar-refractivity contribution in [2.24, 2.45) is 23.7 Å². The molecule has 0 N–H and O–H groups in total. The van der Waals surface area contributed by atoms with Crippen molar-refractivity contribution in [3.63, 3.8) is 0 Å². The van der Waals surface area contributed by atoms with Gasteiger partial charge in [-0.15, -0.1) is 0 Å². The topological polar surface area (TPSA) is 13.0 Å². The molecule has 26 heavy (non-hydrogen) atoms. The summed E-state index contributed by atoms with van der Waals surface area (Å²) >= 11 is 0. The van der Waals surface area contributed by atoms with Crippen LogP contribution in [0.2, 0.25) is 0 Å². The zero-order chi connectivity index (χ0) is 18.5. The summed E-state index contributed by atoms with van der Waals surface area (Å²) in [7, 11) is 0. The molecule has 0 aromatic carbocycles. The summed E-state index contributed by atoms with van der Waals surface area (Å²) < 4.78 is 0. The highest BCUT2D eigenvalue weighted by molar-refractivity contribution is 4.83. The van der Waals surface area contributed by atoms with Gasteiger partial charge in [-0.1, -0.05) is 27.7 Å². The van der Waals surface area contributed by atoms with Crippen molar-refractivity contribution in [1.82, 2.24) is 19.6 Å². The molecule has 0 aromatic rings. The van der Waals surface area contributed by atoms with Crippen LogP contribution in [0.3, 0.4) is 0 Å². The molecule has 3 heterocycles. The fourth-order valence-corrected chi connectivity index (χ4v) is 5.56. The fraction of sp³-hybridized carbons (Fsp3) is 0.955. The maximum absolute atomic E-state index is 3.63. The minimum Gasteiger partial charge on any atom is -0.303 e. The number of rotatable bonds is 7. The van der Waals surface area contributed by atoms with Crippen molar-refractivity contribution in [2.75, 3.05) is 65.4 Å². The molecule has 4 atom stereocenters. The molecule has 3 aliphatic heterocycles. The van der Waals surface area contributed by atoms with Crippen LogP contribution in [0.25, 0.3) is 0 Å². The number of hydrogen-bond donors (Lipinski definition) is 0. The number of likely N-dealkylation sites (tertiary alicyclic amines) is 2. The van der Waals surface area contributed by atoms with Gasteiger partial charge in [0.25, 0.3) is 0 Å². The van der Waals surface area contributed by atoms with Crippen LogP contribution in [-0.2, 0) is 0 Å². The molecule has 0 saturated carbocycles. The highest BCUT2D eigenvalue weighted by Gasteiger charge is 2.25. The Morgan fingerprint density at radius 3 is 1.62 bits per heavy atom. The summed E-state index contributed by atoms with van der Waals surface area (Å²) in [6.07, 6.45) is 4.09. The van der Waals surface area contributed by atoms with Crippen LogP contribution in [-0.4, -0.2) is 85.0 Å². The average Bonchev–Trinajstić information content (AvgIpc) is 2.99. The molecule has 0 bridgehead atoms. The van der Waals surface area contributed by atoms with Crippen LogP contribution in [0.5, 0.6) is 0 Å². The normalized spacial score (nSPS) is 36.0. The minimum absolute atomic E-state index is 0.863. The van der Waals surface area contributed by atoms with E-state index in [1.165, 1.54) is 71.6 Å². The Labute approximate surface area is 162 Å². The molecule has 4 heteroatoms. The SMILES string of the molecule is CC1CC(C)CN(CCCN2[C]N(CCN3CC(C)CC(C)C3)CC2)C1. The molecule has 3 aliphatic rings. The number of piperidine rings is 2. The van der Waals surface area contributed by atoms with Crippen molar-refractivity contribution in [3.05, 3.63) is 6.67 Å². The molecular formula is C22H42N4. The molecule has 3 saturated heterocycles. The van der Waals surface area contributed by atoms with E-state index in [4.69, 9.17) is 0 Å². The first-order valence-corrected chi connectivity index (χ1v) is 11.2. The number of nitrogens with zero attached hydrogens (tertiary/aromatic N) is 4. The summed E-state index contributed by atoms with van der Waals surface area (Å²) in [5, 5.41) is 0. The smallest absolute Gasteiger partial charge is 0.146 e. The van der Waals surface area contributed by atoms with Crippen molar-refractivity contribution >= 4 is 0 Å². The van der Waals surface area contributed by atoms with Gasteiger partial charge in [0.15, 0.2) is 0 Å². The minimum atomic E-state index is 0.863.